The van der Waals surface area contributed by atoms with Gasteiger partial charge in [-0.25, -0.2) is 0 Å². The summed E-state index contributed by atoms with van der Waals surface area (Å²) in [6.07, 6.45) is 7.50. The van der Waals surface area contributed by atoms with Crippen LogP contribution in [0.5, 0.6) is 0 Å². The highest BCUT2D eigenvalue weighted by atomic mass is 79.9. The Hall–Kier alpha value is 0.280. The molecule has 0 N–H and O–H groups in total. The highest BCUT2D eigenvalue weighted by molar-refractivity contribution is 9.09. The first-order valence-corrected chi connectivity index (χ1v) is 7.88. The van der Waals surface area contributed by atoms with Crippen LogP contribution in [-0.4, -0.2) is 4.83 Å². The Morgan fingerprint density at radius 1 is 1.12 bits per heavy atom. The Kier molecular flexibility index (Phi) is 7.57. The average molecular weight is 338 g/mol. The molecular formula is C14H19BrCl2. The summed E-state index contributed by atoms with van der Waals surface area (Å²) in [5.74, 6) is 0. The third-order valence-electron chi connectivity index (χ3n) is 2.81. The van der Waals surface area contributed by atoms with Crippen molar-refractivity contribution in [3.05, 3.63) is 33.8 Å². The fraction of sp³-hybridized carbons (Fsp3) is 0.571. The molecule has 0 saturated heterocycles. The molecule has 0 bridgehead atoms. The zero-order valence-electron chi connectivity index (χ0n) is 10.2. The topological polar surface area (TPSA) is 0 Å². The van der Waals surface area contributed by atoms with E-state index in [9.17, 15) is 0 Å². The van der Waals surface area contributed by atoms with E-state index in [1.807, 2.05) is 12.1 Å². The van der Waals surface area contributed by atoms with Crippen LogP contribution in [-0.2, 0) is 6.42 Å². The Labute approximate surface area is 123 Å². The number of hydrogen-bond donors (Lipinski definition) is 0. The summed E-state index contributed by atoms with van der Waals surface area (Å²) in [6.45, 7) is 2.24. The van der Waals surface area contributed by atoms with Gasteiger partial charge in [-0.2, -0.15) is 0 Å². The molecule has 0 amide bonds. The van der Waals surface area contributed by atoms with Crippen molar-refractivity contribution in [3.63, 3.8) is 0 Å². The molecule has 0 heterocycles. The van der Waals surface area contributed by atoms with Gasteiger partial charge in [0, 0.05) is 4.83 Å². The van der Waals surface area contributed by atoms with Crippen molar-refractivity contribution < 1.29 is 0 Å². The van der Waals surface area contributed by atoms with Gasteiger partial charge in [0.05, 0.1) is 10.0 Å². The number of benzene rings is 1. The lowest BCUT2D eigenvalue weighted by molar-refractivity contribution is 0.619. The number of rotatable bonds is 7. The first-order valence-electron chi connectivity index (χ1n) is 6.21. The summed E-state index contributed by atoms with van der Waals surface area (Å²) in [5.41, 5.74) is 1.25. The summed E-state index contributed by atoms with van der Waals surface area (Å²) >= 11 is 15.6. The van der Waals surface area contributed by atoms with Crippen LogP contribution in [0.2, 0.25) is 10.0 Å². The molecular weight excluding hydrogens is 319 g/mol. The predicted molar refractivity (Wildman–Crippen MR) is 81.6 cm³/mol. The fourth-order valence-corrected chi connectivity index (χ4v) is 2.84. The minimum atomic E-state index is 0.539. The molecule has 0 aliphatic rings. The number of unbranched alkanes of at least 4 members (excludes halogenated alkanes) is 3. The molecule has 17 heavy (non-hydrogen) atoms. The minimum absolute atomic E-state index is 0.539. The van der Waals surface area contributed by atoms with Crippen molar-refractivity contribution in [2.75, 3.05) is 0 Å². The van der Waals surface area contributed by atoms with Crippen LogP contribution < -0.4 is 0 Å². The van der Waals surface area contributed by atoms with Crippen molar-refractivity contribution in [3.8, 4) is 0 Å². The van der Waals surface area contributed by atoms with Gasteiger partial charge < -0.3 is 0 Å². The average Bonchev–Trinajstić information content (AvgIpc) is 2.30. The van der Waals surface area contributed by atoms with Gasteiger partial charge in [0.25, 0.3) is 0 Å². The molecule has 0 radical (unpaired) electrons. The lowest BCUT2D eigenvalue weighted by Crippen LogP contribution is -2.02. The summed E-state index contributed by atoms with van der Waals surface area (Å²) < 4.78 is 0. The normalized spacial score (nSPS) is 12.7. The first kappa shape index (κ1) is 15.3. The summed E-state index contributed by atoms with van der Waals surface area (Å²) in [4.78, 5) is 0.539. The molecule has 0 nitrogen and oxygen atoms in total. The van der Waals surface area contributed by atoms with Crippen LogP contribution in [0.3, 0.4) is 0 Å². The van der Waals surface area contributed by atoms with Crippen LogP contribution in [0.1, 0.15) is 44.6 Å². The summed E-state index contributed by atoms with van der Waals surface area (Å²) in [5, 5.41) is 1.28. The van der Waals surface area contributed by atoms with Crippen LogP contribution in [0.15, 0.2) is 18.2 Å². The second-order valence-electron chi connectivity index (χ2n) is 4.40. The molecule has 0 fully saturated rings. The maximum atomic E-state index is 6.00. The second-order valence-corrected chi connectivity index (χ2v) is 6.51. The highest BCUT2D eigenvalue weighted by Crippen LogP contribution is 2.25. The molecule has 0 aromatic heterocycles. The molecule has 0 aliphatic heterocycles. The van der Waals surface area contributed by atoms with E-state index >= 15 is 0 Å². The van der Waals surface area contributed by atoms with Gasteiger partial charge in [0.1, 0.15) is 0 Å². The van der Waals surface area contributed by atoms with E-state index < -0.39 is 0 Å². The molecule has 96 valence electrons. The van der Waals surface area contributed by atoms with Gasteiger partial charge >= 0.3 is 0 Å². The quantitative estimate of drug-likeness (QED) is 0.406. The number of hydrogen-bond acceptors (Lipinski definition) is 0. The molecule has 1 aromatic carbocycles. The Bertz CT molecular complexity index is 339. The molecule has 0 spiro atoms. The molecule has 1 rings (SSSR count). The van der Waals surface area contributed by atoms with E-state index in [0.29, 0.717) is 14.9 Å². The third kappa shape index (κ3) is 6.13. The van der Waals surface area contributed by atoms with E-state index in [-0.39, 0.29) is 0 Å². The lowest BCUT2D eigenvalue weighted by Gasteiger charge is -2.10. The van der Waals surface area contributed by atoms with Gasteiger partial charge in [0.2, 0.25) is 0 Å². The summed E-state index contributed by atoms with van der Waals surface area (Å²) in [7, 11) is 0. The van der Waals surface area contributed by atoms with Gasteiger partial charge in [-0.05, 0) is 30.5 Å². The van der Waals surface area contributed by atoms with Crippen molar-refractivity contribution in [1.82, 2.24) is 0 Å². The lowest BCUT2D eigenvalue weighted by atomic mass is 10.0. The SMILES string of the molecule is CCCCCCC(Br)Cc1ccc(Cl)c(Cl)c1. The van der Waals surface area contributed by atoms with Gasteiger partial charge in [-0.3, -0.25) is 0 Å². The molecule has 0 aliphatic carbocycles. The standard InChI is InChI=1S/C14H19BrCl2/c1-2-3-4-5-6-12(15)9-11-7-8-13(16)14(17)10-11/h7-8,10,12H,2-6,9H2,1H3. The first-order chi connectivity index (χ1) is 8.13. The maximum Gasteiger partial charge on any atom is 0.0595 e. The molecule has 0 saturated carbocycles. The largest absolute Gasteiger partial charge is 0.0887 e. The summed E-state index contributed by atoms with van der Waals surface area (Å²) in [6, 6.07) is 5.88. The van der Waals surface area contributed by atoms with E-state index in [1.165, 1.54) is 37.7 Å². The highest BCUT2D eigenvalue weighted by Gasteiger charge is 2.07. The van der Waals surface area contributed by atoms with Crippen LogP contribution >= 0.6 is 39.1 Å². The molecule has 3 heteroatoms. The minimum Gasteiger partial charge on any atom is -0.0887 e. The Morgan fingerprint density at radius 3 is 2.53 bits per heavy atom. The van der Waals surface area contributed by atoms with E-state index in [0.717, 1.165) is 6.42 Å². The van der Waals surface area contributed by atoms with Gasteiger partial charge in [0.15, 0.2) is 0 Å². The predicted octanol–water partition coefficient (Wildman–Crippen LogP) is 6.27. The van der Waals surface area contributed by atoms with Gasteiger partial charge in [-0.15, -0.1) is 0 Å². The number of halogens is 3. The van der Waals surface area contributed by atoms with E-state index in [1.54, 1.807) is 0 Å². The monoisotopic (exact) mass is 336 g/mol. The van der Waals surface area contributed by atoms with Gasteiger partial charge in [-0.1, -0.05) is 77.8 Å². The second kappa shape index (κ2) is 8.39. The Balaban J connectivity index is 2.34. The maximum absolute atomic E-state index is 6.00. The van der Waals surface area contributed by atoms with E-state index in [2.05, 4.69) is 28.9 Å². The number of alkyl halides is 1. The van der Waals surface area contributed by atoms with Crippen LogP contribution in [0.4, 0.5) is 0 Å². The third-order valence-corrected chi connectivity index (χ3v) is 4.33. The smallest absolute Gasteiger partial charge is 0.0595 e. The van der Waals surface area contributed by atoms with Crippen molar-refractivity contribution >= 4 is 39.1 Å². The van der Waals surface area contributed by atoms with Crippen molar-refractivity contribution in [1.29, 1.82) is 0 Å². The Morgan fingerprint density at radius 2 is 1.88 bits per heavy atom. The molecule has 1 unspecified atom stereocenters. The van der Waals surface area contributed by atoms with Crippen LogP contribution in [0, 0.1) is 0 Å². The zero-order valence-corrected chi connectivity index (χ0v) is 13.3. The van der Waals surface area contributed by atoms with E-state index in [4.69, 9.17) is 23.2 Å². The van der Waals surface area contributed by atoms with Crippen LogP contribution in [0.25, 0.3) is 0 Å². The fourth-order valence-electron chi connectivity index (χ4n) is 1.82. The molecule has 1 aromatic rings. The van der Waals surface area contributed by atoms with Crippen molar-refractivity contribution in [2.24, 2.45) is 0 Å². The molecule has 1 atom stereocenters. The zero-order chi connectivity index (χ0) is 12.7. The van der Waals surface area contributed by atoms with Crippen molar-refractivity contribution in [2.45, 2.75) is 50.3 Å².